The van der Waals surface area contributed by atoms with E-state index in [-0.39, 0.29) is 16.5 Å². The Labute approximate surface area is 130 Å². The van der Waals surface area contributed by atoms with E-state index in [0.29, 0.717) is 10.5 Å². The van der Waals surface area contributed by atoms with Crippen molar-refractivity contribution in [2.24, 2.45) is 0 Å². The maximum Gasteiger partial charge on any atom is 0.346 e. The van der Waals surface area contributed by atoms with Gasteiger partial charge in [0.1, 0.15) is 0 Å². The predicted octanol–water partition coefficient (Wildman–Crippen LogP) is 4.16. The highest BCUT2D eigenvalue weighted by Gasteiger charge is 2.14. The molecule has 0 aliphatic rings. The van der Waals surface area contributed by atoms with E-state index in [1.165, 1.54) is 18.3 Å². The summed E-state index contributed by atoms with van der Waals surface area (Å²) < 4.78 is 5.19. The van der Waals surface area contributed by atoms with Crippen LogP contribution < -0.4 is 4.74 Å². The number of halogens is 2. The monoisotopic (exact) mass is 318 g/mol. The molecule has 0 saturated carbocycles. The molecule has 0 radical (unpaired) electrons. The van der Waals surface area contributed by atoms with Gasteiger partial charge in [0.25, 0.3) is 0 Å². The second-order valence-electron chi connectivity index (χ2n) is 4.21. The van der Waals surface area contributed by atoms with Crippen LogP contribution in [0, 0.1) is 0 Å². The fourth-order valence-electron chi connectivity index (χ4n) is 1.79. The molecule has 0 unspecified atom stereocenters. The number of carbonyl (C=O) groups excluding carboxylic acids is 1. The van der Waals surface area contributed by atoms with Crippen molar-refractivity contribution in [2.45, 2.75) is 0 Å². The number of ether oxygens (including phenoxy) is 1. The van der Waals surface area contributed by atoms with Crippen LogP contribution in [0.2, 0.25) is 10.0 Å². The Balaban J connectivity index is 1.89. The summed E-state index contributed by atoms with van der Waals surface area (Å²) in [6, 6.07) is 11.8. The lowest BCUT2D eigenvalue weighted by atomic mass is 10.2. The molecule has 0 amide bonds. The van der Waals surface area contributed by atoms with E-state index < -0.39 is 5.97 Å². The number of nitrogens with zero attached hydrogens (tertiary/aromatic N) is 2. The molecule has 21 heavy (non-hydrogen) atoms. The molecule has 3 rings (SSSR count). The summed E-state index contributed by atoms with van der Waals surface area (Å²) >= 11 is 11.8. The van der Waals surface area contributed by atoms with Crippen LogP contribution in [0.1, 0.15) is 10.4 Å². The van der Waals surface area contributed by atoms with Crippen LogP contribution in [0.4, 0.5) is 0 Å². The third-order valence-corrected chi connectivity index (χ3v) is 3.32. The van der Waals surface area contributed by atoms with Gasteiger partial charge in [0.2, 0.25) is 5.88 Å². The number of esters is 1. The van der Waals surface area contributed by atoms with Gasteiger partial charge in [-0.3, -0.25) is 0 Å². The van der Waals surface area contributed by atoms with Gasteiger partial charge in [0, 0.05) is 5.02 Å². The van der Waals surface area contributed by atoms with E-state index >= 15 is 0 Å². The number of hydrogen-bond acceptors (Lipinski definition) is 4. The lowest BCUT2D eigenvalue weighted by Gasteiger charge is -2.05. The third-order valence-electron chi connectivity index (χ3n) is 2.77. The van der Waals surface area contributed by atoms with E-state index in [0.717, 1.165) is 5.52 Å². The maximum absolute atomic E-state index is 12.1. The average Bonchev–Trinajstić information content (AvgIpc) is 2.47. The summed E-state index contributed by atoms with van der Waals surface area (Å²) in [5, 5.41) is 0.670. The van der Waals surface area contributed by atoms with Crippen molar-refractivity contribution in [2.75, 3.05) is 0 Å². The Bertz CT molecular complexity index is 837. The maximum atomic E-state index is 12.1. The Kier molecular flexibility index (Phi) is 3.73. The Morgan fingerprint density at radius 2 is 1.81 bits per heavy atom. The largest absolute Gasteiger partial charge is 0.402 e. The van der Waals surface area contributed by atoms with Gasteiger partial charge in [-0.25, -0.2) is 14.8 Å². The zero-order chi connectivity index (χ0) is 14.8. The molecule has 0 aliphatic carbocycles. The molecule has 1 heterocycles. The smallest absolute Gasteiger partial charge is 0.346 e. The Hall–Kier alpha value is -2.17. The Morgan fingerprint density at radius 1 is 1.05 bits per heavy atom. The minimum Gasteiger partial charge on any atom is -0.402 e. The molecule has 0 bridgehead atoms. The first kappa shape index (κ1) is 13.8. The van der Waals surface area contributed by atoms with Crippen LogP contribution in [0.15, 0.2) is 48.7 Å². The van der Waals surface area contributed by atoms with Gasteiger partial charge in [0.05, 0.1) is 27.8 Å². The molecule has 3 aromatic rings. The van der Waals surface area contributed by atoms with E-state index in [4.69, 9.17) is 27.9 Å². The SMILES string of the molecule is O=C(Oc1cnc2ccccc2n1)c1ccc(Cl)cc1Cl. The van der Waals surface area contributed by atoms with Gasteiger partial charge in [0.15, 0.2) is 0 Å². The van der Waals surface area contributed by atoms with E-state index in [1.807, 2.05) is 18.2 Å². The number of benzene rings is 2. The average molecular weight is 319 g/mol. The molecule has 104 valence electrons. The summed E-state index contributed by atoms with van der Waals surface area (Å²) in [5.41, 5.74) is 1.59. The highest BCUT2D eigenvalue weighted by Crippen LogP contribution is 2.22. The van der Waals surface area contributed by atoms with Crippen molar-refractivity contribution in [1.29, 1.82) is 0 Å². The van der Waals surface area contributed by atoms with Crippen molar-refractivity contribution >= 4 is 40.2 Å². The first-order valence-corrected chi connectivity index (χ1v) is 6.78. The van der Waals surface area contributed by atoms with Gasteiger partial charge in [-0.2, -0.15) is 0 Å². The standard InChI is InChI=1S/C15H8Cl2N2O2/c16-9-5-6-10(11(17)7-9)15(20)21-14-8-18-12-3-1-2-4-13(12)19-14/h1-8H. The molecule has 6 heteroatoms. The molecule has 0 aliphatic heterocycles. The van der Waals surface area contributed by atoms with Crippen molar-refractivity contribution in [3.05, 3.63) is 64.3 Å². The zero-order valence-corrected chi connectivity index (χ0v) is 12.1. The molecular weight excluding hydrogens is 311 g/mol. The van der Waals surface area contributed by atoms with Gasteiger partial charge >= 0.3 is 5.97 Å². The summed E-state index contributed by atoms with van der Waals surface area (Å²) in [6.45, 7) is 0. The van der Waals surface area contributed by atoms with Crippen LogP contribution in [0.25, 0.3) is 11.0 Å². The number of hydrogen-bond donors (Lipinski definition) is 0. The molecular formula is C15H8Cl2N2O2. The fraction of sp³-hybridized carbons (Fsp3) is 0. The van der Waals surface area contributed by atoms with Crippen molar-refractivity contribution < 1.29 is 9.53 Å². The molecule has 0 N–H and O–H groups in total. The topological polar surface area (TPSA) is 52.1 Å². The van der Waals surface area contributed by atoms with E-state index in [2.05, 4.69) is 9.97 Å². The molecule has 0 saturated heterocycles. The minimum atomic E-state index is -0.610. The number of fused-ring (bicyclic) bond motifs is 1. The lowest BCUT2D eigenvalue weighted by Crippen LogP contribution is -2.10. The fourth-order valence-corrected chi connectivity index (χ4v) is 2.28. The number of carbonyl (C=O) groups is 1. The quantitative estimate of drug-likeness (QED) is 0.666. The normalized spacial score (nSPS) is 10.6. The van der Waals surface area contributed by atoms with Crippen LogP contribution in [0.3, 0.4) is 0 Å². The van der Waals surface area contributed by atoms with Crippen LogP contribution in [-0.4, -0.2) is 15.9 Å². The molecule has 4 nitrogen and oxygen atoms in total. The molecule has 0 fully saturated rings. The van der Waals surface area contributed by atoms with E-state index in [1.54, 1.807) is 12.1 Å². The van der Waals surface area contributed by atoms with Crippen LogP contribution in [-0.2, 0) is 0 Å². The second-order valence-corrected chi connectivity index (χ2v) is 5.05. The van der Waals surface area contributed by atoms with Gasteiger partial charge in [-0.15, -0.1) is 0 Å². The highest BCUT2D eigenvalue weighted by atomic mass is 35.5. The molecule has 0 atom stereocenters. The van der Waals surface area contributed by atoms with E-state index in [9.17, 15) is 4.79 Å². The van der Waals surface area contributed by atoms with Gasteiger partial charge in [-0.1, -0.05) is 35.3 Å². The van der Waals surface area contributed by atoms with Crippen molar-refractivity contribution in [1.82, 2.24) is 9.97 Å². The molecule has 1 aromatic heterocycles. The summed E-state index contributed by atoms with van der Waals surface area (Å²) in [6.07, 6.45) is 1.39. The lowest BCUT2D eigenvalue weighted by molar-refractivity contribution is 0.0727. The minimum absolute atomic E-state index is 0.115. The first-order valence-electron chi connectivity index (χ1n) is 6.02. The van der Waals surface area contributed by atoms with Gasteiger partial charge < -0.3 is 4.74 Å². The molecule has 0 spiro atoms. The second kappa shape index (κ2) is 5.68. The van der Waals surface area contributed by atoms with Crippen molar-refractivity contribution in [3.63, 3.8) is 0 Å². The zero-order valence-electron chi connectivity index (χ0n) is 10.6. The number of para-hydroxylation sites is 2. The van der Waals surface area contributed by atoms with Crippen LogP contribution in [0.5, 0.6) is 5.88 Å². The van der Waals surface area contributed by atoms with Gasteiger partial charge in [-0.05, 0) is 30.3 Å². The first-order chi connectivity index (χ1) is 10.1. The third kappa shape index (κ3) is 2.96. The highest BCUT2D eigenvalue weighted by molar-refractivity contribution is 6.36. The Morgan fingerprint density at radius 3 is 2.57 bits per heavy atom. The van der Waals surface area contributed by atoms with Crippen molar-refractivity contribution in [3.8, 4) is 5.88 Å². The summed E-state index contributed by atoms with van der Waals surface area (Å²) in [7, 11) is 0. The number of aromatic nitrogens is 2. The summed E-state index contributed by atoms with van der Waals surface area (Å²) in [4.78, 5) is 20.4. The van der Waals surface area contributed by atoms with Crippen LogP contribution >= 0.6 is 23.2 Å². The predicted molar refractivity (Wildman–Crippen MR) is 81.0 cm³/mol. The number of rotatable bonds is 2. The summed E-state index contributed by atoms with van der Waals surface area (Å²) in [5.74, 6) is -0.494. The molecule has 2 aromatic carbocycles.